The molecule has 1 amide bonds. The number of rotatable bonds is 6. The smallest absolute Gasteiger partial charge is 0.266 e. The minimum absolute atomic E-state index is 0.125. The van der Waals surface area contributed by atoms with Gasteiger partial charge in [-0.1, -0.05) is 17.7 Å². The highest BCUT2D eigenvalue weighted by Gasteiger charge is 2.19. The van der Waals surface area contributed by atoms with Gasteiger partial charge in [-0.05, 0) is 64.5 Å². The van der Waals surface area contributed by atoms with Crippen molar-refractivity contribution in [1.29, 1.82) is 0 Å². The summed E-state index contributed by atoms with van der Waals surface area (Å²) in [4.78, 5) is 18.4. The molecular formula is C18H14BrClN2O3. The molecule has 0 N–H and O–H groups in total. The van der Waals surface area contributed by atoms with Gasteiger partial charge >= 0.3 is 0 Å². The number of benzene rings is 1. The van der Waals surface area contributed by atoms with E-state index in [9.17, 15) is 4.79 Å². The van der Waals surface area contributed by atoms with Gasteiger partial charge in [0.2, 0.25) is 0 Å². The van der Waals surface area contributed by atoms with Crippen molar-refractivity contribution in [2.24, 2.45) is 0 Å². The molecule has 5 nitrogen and oxygen atoms in total. The number of halogens is 2. The first-order valence-corrected chi connectivity index (χ1v) is 8.63. The van der Waals surface area contributed by atoms with Crippen LogP contribution >= 0.6 is 27.5 Å². The van der Waals surface area contributed by atoms with Crippen molar-refractivity contribution in [3.63, 3.8) is 0 Å². The summed E-state index contributed by atoms with van der Waals surface area (Å²) in [6.45, 7) is 0.130. The number of nitrogens with zero attached hydrogens (tertiary/aromatic N) is 2. The van der Waals surface area contributed by atoms with Crippen LogP contribution in [0.3, 0.4) is 0 Å². The zero-order valence-corrected chi connectivity index (χ0v) is 15.4. The molecule has 2 aromatic heterocycles. The predicted molar refractivity (Wildman–Crippen MR) is 98.8 cm³/mol. The van der Waals surface area contributed by atoms with E-state index in [1.807, 2.05) is 6.07 Å². The zero-order chi connectivity index (χ0) is 17.6. The van der Waals surface area contributed by atoms with Crippen LogP contribution in [0.5, 0.6) is 5.75 Å². The lowest BCUT2D eigenvalue weighted by molar-refractivity contribution is -0.120. The Hall–Kier alpha value is -2.31. The number of furan rings is 1. The molecule has 0 saturated heterocycles. The van der Waals surface area contributed by atoms with E-state index in [-0.39, 0.29) is 19.1 Å². The van der Waals surface area contributed by atoms with Gasteiger partial charge in [-0.25, -0.2) is 4.98 Å². The third-order valence-corrected chi connectivity index (χ3v) is 4.02. The van der Waals surface area contributed by atoms with Crippen LogP contribution in [-0.2, 0) is 11.3 Å². The average molecular weight is 422 g/mol. The van der Waals surface area contributed by atoms with E-state index in [0.717, 1.165) is 0 Å². The molecule has 0 fully saturated rings. The highest BCUT2D eigenvalue weighted by atomic mass is 79.9. The van der Waals surface area contributed by atoms with E-state index in [0.29, 0.717) is 27.0 Å². The number of aromatic nitrogens is 1. The summed E-state index contributed by atoms with van der Waals surface area (Å²) in [7, 11) is 0. The van der Waals surface area contributed by atoms with Gasteiger partial charge in [0, 0.05) is 11.2 Å². The molecule has 0 aliphatic heterocycles. The molecule has 0 atom stereocenters. The number of hydrogen-bond donors (Lipinski definition) is 0. The zero-order valence-electron chi connectivity index (χ0n) is 13.1. The van der Waals surface area contributed by atoms with Crippen LogP contribution in [0.4, 0.5) is 5.82 Å². The molecule has 0 aliphatic carbocycles. The van der Waals surface area contributed by atoms with Crippen molar-refractivity contribution in [2.45, 2.75) is 6.54 Å². The van der Waals surface area contributed by atoms with Gasteiger partial charge in [0.25, 0.3) is 5.91 Å². The van der Waals surface area contributed by atoms with Crippen molar-refractivity contribution in [3.05, 3.63) is 76.2 Å². The maximum atomic E-state index is 12.7. The number of hydrogen-bond acceptors (Lipinski definition) is 4. The number of anilines is 1. The second-order valence-corrected chi connectivity index (χ2v) is 6.33. The summed E-state index contributed by atoms with van der Waals surface area (Å²) in [5, 5.41) is 0.609. The predicted octanol–water partition coefficient (Wildman–Crippen LogP) is 4.70. The molecule has 128 valence electrons. The van der Waals surface area contributed by atoms with Gasteiger partial charge in [0.15, 0.2) is 11.3 Å². The third-order valence-electron chi connectivity index (χ3n) is 3.35. The Labute approximate surface area is 158 Å². The Morgan fingerprint density at radius 1 is 1.16 bits per heavy atom. The second kappa shape index (κ2) is 8.18. The van der Waals surface area contributed by atoms with Crippen molar-refractivity contribution in [1.82, 2.24) is 4.98 Å². The molecule has 0 bridgehead atoms. The first kappa shape index (κ1) is 17.5. The topological polar surface area (TPSA) is 55.6 Å². The van der Waals surface area contributed by atoms with Crippen LogP contribution in [0.1, 0.15) is 5.76 Å². The third kappa shape index (κ3) is 4.84. The lowest BCUT2D eigenvalue weighted by Gasteiger charge is -2.20. The van der Waals surface area contributed by atoms with Gasteiger partial charge in [-0.15, -0.1) is 0 Å². The fourth-order valence-corrected chi connectivity index (χ4v) is 2.62. The minimum Gasteiger partial charge on any atom is -0.484 e. The summed E-state index contributed by atoms with van der Waals surface area (Å²) >= 11 is 9.11. The fourth-order valence-electron chi connectivity index (χ4n) is 2.16. The van der Waals surface area contributed by atoms with E-state index < -0.39 is 0 Å². The molecule has 0 aliphatic rings. The number of carbonyl (C=O) groups excluding carboxylic acids is 1. The van der Waals surface area contributed by atoms with Gasteiger partial charge in [-0.2, -0.15) is 0 Å². The number of carbonyl (C=O) groups is 1. The standard InChI is InChI=1S/C18H14BrClN2O3/c19-16-9-8-15(25-16)11-22(17-3-1-2-10-21-17)18(23)12-24-14-6-4-13(20)5-7-14/h1-10H,11-12H2. The Bertz CT molecular complexity index is 837. The minimum atomic E-state index is -0.235. The molecule has 25 heavy (non-hydrogen) atoms. The van der Waals surface area contributed by atoms with Crippen LogP contribution < -0.4 is 9.64 Å². The van der Waals surface area contributed by atoms with Crippen LogP contribution in [-0.4, -0.2) is 17.5 Å². The highest BCUT2D eigenvalue weighted by Crippen LogP contribution is 2.20. The molecule has 3 aromatic rings. The van der Waals surface area contributed by atoms with E-state index in [1.165, 1.54) is 4.90 Å². The van der Waals surface area contributed by atoms with E-state index in [4.69, 9.17) is 20.8 Å². The molecule has 3 rings (SSSR count). The molecule has 0 unspecified atom stereocenters. The normalized spacial score (nSPS) is 10.5. The van der Waals surface area contributed by atoms with Crippen molar-refractivity contribution >= 4 is 39.3 Å². The number of amides is 1. The summed E-state index contributed by atoms with van der Waals surface area (Å²) < 4.78 is 11.7. The summed E-state index contributed by atoms with van der Waals surface area (Å²) in [5.74, 6) is 1.50. The van der Waals surface area contributed by atoms with Crippen molar-refractivity contribution in [2.75, 3.05) is 11.5 Å². The first-order valence-electron chi connectivity index (χ1n) is 7.46. The summed E-state index contributed by atoms with van der Waals surface area (Å²) in [5.41, 5.74) is 0. The van der Waals surface area contributed by atoms with Crippen LogP contribution in [0.2, 0.25) is 5.02 Å². The van der Waals surface area contributed by atoms with Crippen LogP contribution in [0, 0.1) is 0 Å². The van der Waals surface area contributed by atoms with Gasteiger partial charge < -0.3 is 9.15 Å². The molecule has 0 spiro atoms. The quantitative estimate of drug-likeness (QED) is 0.579. The fraction of sp³-hybridized carbons (Fsp3) is 0.111. The first-order chi connectivity index (χ1) is 12.1. The van der Waals surface area contributed by atoms with Gasteiger partial charge in [0.1, 0.15) is 17.3 Å². The monoisotopic (exact) mass is 420 g/mol. The average Bonchev–Trinajstić information content (AvgIpc) is 3.05. The molecule has 0 saturated carbocycles. The highest BCUT2D eigenvalue weighted by molar-refractivity contribution is 9.10. The number of ether oxygens (including phenoxy) is 1. The molecular weight excluding hydrogens is 408 g/mol. The maximum Gasteiger partial charge on any atom is 0.266 e. The second-order valence-electron chi connectivity index (χ2n) is 5.12. The Morgan fingerprint density at radius 3 is 2.60 bits per heavy atom. The molecule has 0 radical (unpaired) electrons. The lowest BCUT2D eigenvalue weighted by Crippen LogP contribution is -2.35. The van der Waals surface area contributed by atoms with Crippen LogP contribution in [0.25, 0.3) is 0 Å². The lowest BCUT2D eigenvalue weighted by atomic mass is 10.3. The molecule has 1 aromatic carbocycles. The van der Waals surface area contributed by atoms with Gasteiger partial charge in [-0.3, -0.25) is 9.69 Å². The molecule has 7 heteroatoms. The number of pyridine rings is 1. The van der Waals surface area contributed by atoms with E-state index in [1.54, 1.807) is 54.7 Å². The van der Waals surface area contributed by atoms with E-state index in [2.05, 4.69) is 20.9 Å². The molecule has 2 heterocycles. The van der Waals surface area contributed by atoms with E-state index >= 15 is 0 Å². The Morgan fingerprint density at radius 2 is 1.96 bits per heavy atom. The van der Waals surface area contributed by atoms with Crippen LogP contribution in [0.15, 0.2) is 69.9 Å². The van der Waals surface area contributed by atoms with Crippen molar-refractivity contribution in [3.8, 4) is 5.75 Å². The largest absolute Gasteiger partial charge is 0.484 e. The summed E-state index contributed by atoms with van der Waals surface area (Å²) in [6.07, 6.45) is 1.63. The SMILES string of the molecule is O=C(COc1ccc(Cl)cc1)N(Cc1ccc(Br)o1)c1ccccn1. The summed E-state index contributed by atoms with van der Waals surface area (Å²) in [6, 6.07) is 15.8. The Kier molecular flexibility index (Phi) is 5.73. The van der Waals surface area contributed by atoms with Crippen molar-refractivity contribution < 1.29 is 13.9 Å². The maximum absolute atomic E-state index is 12.7. The van der Waals surface area contributed by atoms with Gasteiger partial charge in [0.05, 0.1) is 6.54 Å². The Balaban J connectivity index is 1.73.